The Morgan fingerprint density at radius 1 is 1.17 bits per heavy atom. The van der Waals surface area contributed by atoms with Crippen molar-refractivity contribution in [3.05, 3.63) is 29.8 Å². The molecule has 0 aromatic heterocycles. The third kappa shape index (κ3) is 4.80. The van der Waals surface area contributed by atoms with Gasteiger partial charge < -0.3 is 5.32 Å². The zero-order valence-electron chi connectivity index (χ0n) is 14.2. The van der Waals surface area contributed by atoms with Gasteiger partial charge in [-0.25, -0.2) is 8.42 Å². The van der Waals surface area contributed by atoms with Crippen molar-refractivity contribution in [2.45, 2.75) is 63.3 Å². The van der Waals surface area contributed by atoms with Gasteiger partial charge in [-0.1, -0.05) is 45.7 Å². The molecule has 128 valence electrons. The van der Waals surface area contributed by atoms with Crippen molar-refractivity contribution < 1.29 is 13.2 Å². The van der Waals surface area contributed by atoms with Gasteiger partial charge in [0.1, 0.15) is 5.75 Å². The van der Waals surface area contributed by atoms with Gasteiger partial charge in [-0.2, -0.15) is 0 Å². The number of carbonyl (C=O) groups is 1. The van der Waals surface area contributed by atoms with Crippen molar-refractivity contribution in [3.63, 3.8) is 0 Å². The van der Waals surface area contributed by atoms with E-state index in [1.165, 1.54) is 6.42 Å². The summed E-state index contributed by atoms with van der Waals surface area (Å²) in [4.78, 5) is 12.3. The SMILES string of the molecule is CC(C)c1ccc(S(=O)(=O)CC(=O)N[C@@H]2CCCC[C@H]2C)cc1. The Labute approximate surface area is 139 Å². The summed E-state index contributed by atoms with van der Waals surface area (Å²) >= 11 is 0. The van der Waals surface area contributed by atoms with E-state index in [9.17, 15) is 13.2 Å². The van der Waals surface area contributed by atoms with Gasteiger partial charge in [0, 0.05) is 6.04 Å². The van der Waals surface area contributed by atoms with Crippen LogP contribution in [0.25, 0.3) is 0 Å². The first-order valence-electron chi connectivity index (χ1n) is 8.41. The Morgan fingerprint density at radius 2 is 1.78 bits per heavy atom. The van der Waals surface area contributed by atoms with E-state index in [1.807, 2.05) is 12.1 Å². The number of hydrogen-bond donors (Lipinski definition) is 1. The number of carbonyl (C=O) groups excluding carboxylic acids is 1. The molecule has 0 spiro atoms. The van der Waals surface area contributed by atoms with Gasteiger partial charge in [0.15, 0.2) is 9.84 Å². The Balaban J connectivity index is 2.01. The molecule has 0 heterocycles. The summed E-state index contributed by atoms with van der Waals surface area (Å²) in [6.07, 6.45) is 4.32. The van der Waals surface area contributed by atoms with E-state index in [-0.39, 0.29) is 10.9 Å². The molecule has 4 nitrogen and oxygen atoms in total. The summed E-state index contributed by atoms with van der Waals surface area (Å²) in [5.74, 6) is -0.0997. The van der Waals surface area contributed by atoms with E-state index in [1.54, 1.807) is 12.1 Å². The predicted octanol–water partition coefficient (Wildman–Crippen LogP) is 3.28. The maximum atomic E-state index is 12.4. The van der Waals surface area contributed by atoms with Crippen LogP contribution in [0.2, 0.25) is 0 Å². The summed E-state index contributed by atoms with van der Waals surface area (Å²) in [5.41, 5.74) is 1.09. The Hall–Kier alpha value is -1.36. The van der Waals surface area contributed by atoms with Crippen LogP contribution in [-0.2, 0) is 14.6 Å². The van der Waals surface area contributed by atoms with Crippen molar-refractivity contribution >= 4 is 15.7 Å². The lowest BCUT2D eigenvalue weighted by atomic mass is 9.86. The zero-order chi connectivity index (χ0) is 17.0. The molecule has 2 atom stereocenters. The average molecular weight is 337 g/mol. The van der Waals surface area contributed by atoms with E-state index in [0.29, 0.717) is 11.8 Å². The van der Waals surface area contributed by atoms with E-state index >= 15 is 0 Å². The normalized spacial score (nSPS) is 22.1. The summed E-state index contributed by atoms with van der Waals surface area (Å²) in [6.45, 7) is 6.23. The monoisotopic (exact) mass is 337 g/mol. The van der Waals surface area contributed by atoms with Crippen LogP contribution in [0, 0.1) is 5.92 Å². The number of rotatable bonds is 5. The molecular formula is C18H27NO3S. The Kier molecular flexibility index (Phi) is 5.84. The van der Waals surface area contributed by atoms with Crippen molar-refractivity contribution in [2.24, 2.45) is 5.92 Å². The lowest BCUT2D eigenvalue weighted by Gasteiger charge is -2.29. The van der Waals surface area contributed by atoms with Gasteiger partial charge in [-0.15, -0.1) is 0 Å². The fraction of sp³-hybridized carbons (Fsp3) is 0.611. The van der Waals surface area contributed by atoms with Gasteiger partial charge in [0.05, 0.1) is 4.90 Å². The van der Waals surface area contributed by atoms with Crippen molar-refractivity contribution in [2.75, 3.05) is 5.75 Å². The van der Waals surface area contributed by atoms with Crippen LogP contribution in [0.5, 0.6) is 0 Å². The molecule has 0 aliphatic heterocycles. The molecule has 1 fully saturated rings. The number of amides is 1. The highest BCUT2D eigenvalue weighted by Crippen LogP contribution is 2.24. The van der Waals surface area contributed by atoms with Crippen LogP contribution in [0.1, 0.15) is 57.9 Å². The van der Waals surface area contributed by atoms with Gasteiger partial charge in [-0.05, 0) is 42.4 Å². The van der Waals surface area contributed by atoms with Crippen molar-refractivity contribution in [1.82, 2.24) is 5.32 Å². The van der Waals surface area contributed by atoms with Crippen molar-refractivity contribution in [3.8, 4) is 0 Å². The van der Waals surface area contributed by atoms with E-state index in [4.69, 9.17) is 0 Å². The summed E-state index contributed by atoms with van der Waals surface area (Å²) < 4.78 is 24.8. The first-order chi connectivity index (χ1) is 10.8. The predicted molar refractivity (Wildman–Crippen MR) is 92.1 cm³/mol. The van der Waals surface area contributed by atoms with Crippen LogP contribution in [0.4, 0.5) is 0 Å². The van der Waals surface area contributed by atoms with Crippen LogP contribution < -0.4 is 5.32 Å². The maximum absolute atomic E-state index is 12.4. The molecule has 5 heteroatoms. The second-order valence-corrected chi connectivity index (χ2v) is 8.91. The zero-order valence-corrected chi connectivity index (χ0v) is 15.0. The second-order valence-electron chi connectivity index (χ2n) is 6.92. The second kappa shape index (κ2) is 7.47. The minimum Gasteiger partial charge on any atom is -0.352 e. The molecule has 1 aromatic rings. The number of nitrogens with one attached hydrogen (secondary N) is 1. The Bertz CT molecular complexity index is 635. The number of benzene rings is 1. The van der Waals surface area contributed by atoms with Gasteiger partial charge >= 0.3 is 0 Å². The lowest BCUT2D eigenvalue weighted by molar-refractivity contribution is -0.119. The molecule has 23 heavy (non-hydrogen) atoms. The largest absolute Gasteiger partial charge is 0.352 e. The topological polar surface area (TPSA) is 63.2 Å². The molecule has 0 radical (unpaired) electrons. The van der Waals surface area contributed by atoms with Gasteiger partial charge in [0.25, 0.3) is 0 Å². The van der Waals surface area contributed by atoms with Crippen LogP contribution in [-0.4, -0.2) is 26.1 Å². The molecule has 1 saturated carbocycles. The number of sulfone groups is 1. The summed E-state index contributed by atoms with van der Waals surface area (Å²) in [6, 6.07) is 6.94. The standard InChI is InChI=1S/C18H27NO3S/c1-13(2)15-8-10-16(11-9-15)23(21,22)12-18(20)19-17-7-5-4-6-14(17)3/h8-11,13-14,17H,4-7,12H2,1-3H3,(H,19,20)/t14-,17-/m1/s1. The summed E-state index contributed by atoms with van der Waals surface area (Å²) in [7, 11) is -3.58. The molecule has 0 bridgehead atoms. The van der Waals surface area contributed by atoms with Gasteiger partial charge in [0.2, 0.25) is 5.91 Å². The van der Waals surface area contributed by atoms with E-state index in [0.717, 1.165) is 24.8 Å². The molecule has 1 aromatic carbocycles. The lowest BCUT2D eigenvalue weighted by Crippen LogP contribution is -2.43. The quantitative estimate of drug-likeness (QED) is 0.897. The fourth-order valence-corrected chi connectivity index (χ4v) is 4.24. The minimum atomic E-state index is -3.58. The van der Waals surface area contributed by atoms with Gasteiger partial charge in [-0.3, -0.25) is 4.79 Å². The smallest absolute Gasteiger partial charge is 0.235 e. The third-order valence-corrected chi connectivity index (χ3v) is 6.32. The molecule has 2 rings (SSSR count). The van der Waals surface area contributed by atoms with Crippen LogP contribution >= 0.6 is 0 Å². The molecule has 1 amide bonds. The van der Waals surface area contributed by atoms with E-state index < -0.39 is 21.5 Å². The first-order valence-corrected chi connectivity index (χ1v) is 10.1. The molecule has 1 aliphatic carbocycles. The highest BCUT2D eigenvalue weighted by Gasteiger charge is 2.25. The van der Waals surface area contributed by atoms with Crippen molar-refractivity contribution in [1.29, 1.82) is 0 Å². The Morgan fingerprint density at radius 3 is 2.35 bits per heavy atom. The minimum absolute atomic E-state index is 0.106. The molecule has 1 N–H and O–H groups in total. The highest BCUT2D eigenvalue weighted by atomic mass is 32.2. The van der Waals surface area contributed by atoms with Crippen LogP contribution in [0.3, 0.4) is 0 Å². The average Bonchev–Trinajstić information content (AvgIpc) is 2.49. The molecular weight excluding hydrogens is 310 g/mol. The molecule has 0 unspecified atom stereocenters. The highest BCUT2D eigenvalue weighted by molar-refractivity contribution is 7.92. The van der Waals surface area contributed by atoms with Crippen LogP contribution in [0.15, 0.2) is 29.2 Å². The first kappa shape index (κ1) is 18.0. The van der Waals surface area contributed by atoms with E-state index in [2.05, 4.69) is 26.1 Å². The fourth-order valence-electron chi connectivity index (χ4n) is 3.10. The maximum Gasteiger partial charge on any atom is 0.235 e. The number of hydrogen-bond acceptors (Lipinski definition) is 3. The third-order valence-electron chi connectivity index (χ3n) is 4.68. The summed E-state index contributed by atoms with van der Waals surface area (Å²) in [5, 5.41) is 2.91. The molecule has 0 saturated heterocycles. The molecule has 1 aliphatic rings.